The highest BCUT2D eigenvalue weighted by atomic mass is 16.5. The second-order valence-electron chi connectivity index (χ2n) is 5.83. The summed E-state index contributed by atoms with van der Waals surface area (Å²) in [4.78, 5) is 28.2. The van der Waals surface area contributed by atoms with Crippen molar-refractivity contribution in [2.75, 3.05) is 39.8 Å². The van der Waals surface area contributed by atoms with Crippen LogP contribution in [-0.2, 0) is 16.6 Å². The van der Waals surface area contributed by atoms with Crippen molar-refractivity contribution in [3.8, 4) is 0 Å². The fourth-order valence-corrected chi connectivity index (χ4v) is 3.23. The van der Waals surface area contributed by atoms with Crippen LogP contribution in [0.15, 0.2) is 18.3 Å². The molecule has 1 aromatic rings. The number of carbonyl (C=O) groups is 2. The lowest BCUT2D eigenvalue weighted by molar-refractivity contribution is -0.125. The molecule has 2 saturated heterocycles. The van der Waals surface area contributed by atoms with Gasteiger partial charge in [0, 0.05) is 39.9 Å². The van der Waals surface area contributed by atoms with Gasteiger partial charge in [0.1, 0.15) is 5.69 Å². The van der Waals surface area contributed by atoms with Crippen molar-refractivity contribution >= 4 is 11.8 Å². The summed E-state index contributed by atoms with van der Waals surface area (Å²) in [5.74, 6) is 0.0123. The minimum Gasteiger partial charge on any atom is -0.373 e. The van der Waals surface area contributed by atoms with E-state index in [9.17, 15) is 9.59 Å². The average Bonchev–Trinajstić information content (AvgIpc) is 3.13. The molecule has 0 spiro atoms. The summed E-state index contributed by atoms with van der Waals surface area (Å²) in [5, 5.41) is 2.65. The summed E-state index contributed by atoms with van der Waals surface area (Å²) in [7, 11) is 3.50. The van der Waals surface area contributed by atoms with Gasteiger partial charge in [-0.25, -0.2) is 0 Å². The number of amides is 2. The topological polar surface area (TPSA) is 66.8 Å². The summed E-state index contributed by atoms with van der Waals surface area (Å²) in [6.07, 6.45) is 1.85. The maximum Gasteiger partial charge on any atom is 0.270 e. The molecule has 3 heterocycles. The molecule has 1 N–H and O–H groups in total. The van der Waals surface area contributed by atoms with Crippen LogP contribution in [0.4, 0.5) is 0 Å². The Labute approximate surface area is 129 Å². The quantitative estimate of drug-likeness (QED) is 0.802. The number of rotatable bonds is 3. The van der Waals surface area contributed by atoms with Crippen molar-refractivity contribution < 1.29 is 14.3 Å². The molecule has 2 aliphatic heterocycles. The molecule has 2 aliphatic rings. The van der Waals surface area contributed by atoms with Crippen LogP contribution in [0.3, 0.4) is 0 Å². The minimum atomic E-state index is -0.0115. The number of likely N-dealkylation sites (N-methyl/N-ethyl adjacent to an activating group) is 1. The van der Waals surface area contributed by atoms with Crippen molar-refractivity contribution in [2.24, 2.45) is 7.05 Å². The predicted molar refractivity (Wildman–Crippen MR) is 80.5 cm³/mol. The molecule has 1 aromatic heterocycles. The number of hydrogen-bond acceptors (Lipinski definition) is 4. The molecule has 0 unspecified atom stereocenters. The zero-order valence-electron chi connectivity index (χ0n) is 13.0. The molecule has 0 radical (unpaired) electrons. The Bertz CT molecular complexity index is 571. The van der Waals surface area contributed by atoms with E-state index >= 15 is 0 Å². The number of aryl methyl sites for hydroxylation is 1. The normalized spacial score (nSPS) is 25.1. The second-order valence-corrected chi connectivity index (χ2v) is 5.83. The summed E-state index contributed by atoms with van der Waals surface area (Å²) < 4.78 is 7.63. The van der Waals surface area contributed by atoms with Crippen LogP contribution in [0.25, 0.3) is 0 Å². The van der Waals surface area contributed by atoms with E-state index in [0.29, 0.717) is 31.9 Å². The molecule has 2 atom stereocenters. The molecule has 2 amide bonds. The zero-order valence-corrected chi connectivity index (χ0v) is 13.0. The molecule has 0 aromatic carbocycles. The number of carbonyl (C=O) groups excluding carboxylic acids is 2. The largest absolute Gasteiger partial charge is 0.373 e. The standard InChI is InChI=1S/C15H22N4O3/c1-16-14(20)10-18-6-7-22-13-9-19(8-12(13)18)15(21)11-4-3-5-17(11)2/h3-5,12-13H,6-10H2,1-2H3,(H,16,20)/t12-,13-/m0/s1. The van der Waals surface area contributed by atoms with Gasteiger partial charge < -0.3 is 19.5 Å². The zero-order chi connectivity index (χ0) is 15.7. The molecule has 22 heavy (non-hydrogen) atoms. The third-order valence-electron chi connectivity index (χ3n) is 4.49. The van der Waals surface area contributed by atoms with Gasteiger partial charge in [-0.1, -0.05) is 0 Å². The third-order valence-corrected chi connectivity index (χ3v) is 4.49. The Morgan fingerprint density at radius 1 is 1.41 bits per heavy atom. The Morgan fingerprint density at radius 3 is 2.91 bits per heavy atom. The predicted octanol–water partition coefficient (Wildman–Crippen LogP) is -0.704. The molecule has 120 valence electrons. The van der Waals surface area contributed by atoms with Crippen LogP contribution in [-0.4, -0.2) is 78.2 Å². The van der Waals surface area contributed by atoms with Crippen molar-refractivity contribution in [3.05, 3.63) is 24.0 Å². The van der Waals surface area contributed by atoms with Crippen LogP contribution >= 0.6 is 0 Å². The molecular weight excluding hydrogens is 284 g/mol. The van der Waals surface area contributed by atoms with Gasteiger partial charge >= 0.3 is 0 Å². The molecule has 2 fully saturated rings. The van der Waals surface area contributed by atoms with Crippen LogP contribution in [0.2, 0.25) is 0 Å². The Kier molecular flexibility index (Phi) is 4.17. The first-order valence-corrected chi connectivity index (χ1v) is 7.57. The van der Waals surface area contributed by atoms with Crippen LogP contribution in [0.5, 0.6) is 0 Å². The highest BCUT2D eigenvalue weighted by molar-refractivity contribution is 5.93. The third kappa shape index (κ3) is 2.74. The first-order chi connectivity index (χ1) is 10.6. The average molecular weight is 306 g/mol. The first kappa shape index (κ1) is 15.1. The maximum absolute atomic E-state index is 12.6. The van der Waals surface area contributed by atoms with Crippen LogP contribution in [0, 0.1) is 0 Å². The number of ether oxygens (including phenoxy) is 1. The number of nitrogens with zero attached hydrogens (tertiary/aromatic N) is 3. The summed E-state index contributed by atoms with van der Waals surface area (Å²) in [5.41, 5.74) is 0.677. The van der Waals surface area contributed by atoms with Crippen molar-refractivity contribution in [2.45, 2.75) is 12.1 Å². The summed E-state index contributed by atoms with van der Waals surface area (Å²) in [6.45, 7) is 2.86. The SMILES string of the molecule is CNC(=O)CN1CCO[C@H]2CN(C(=O)c3cccn3C)C[C@@H]21. The van der Waals surface area contributed by atoms with E-state index in [1.807, 2.05) is 34.8 Å². The first-order valence-electron chi connectivity index (χ1n) is 7.57. The maximum atomic E-state index is 12.6. The van der Waals surface area contributed by atoms with Gasteiger partial charge in [-0.15, -0.1) is 0 Å². The molecule has 0 bridgehead atoms. The van der Waals surface area contributed by atoms with E-state index in [4.69, 9.17) is 4.74 Å². The van der Waals surface area contributed by atoms with Gasteiger partial charge in [0.25, 0.3) is 5.91 Å². The molecule has 0 saturated carbocycles. The van der Waals surface area contributed by atoms with Crippen molar-refractivity contribution in [3.63, 3.8) is 0 Å². The van der Waals surface area contributed by atoms with E-state index in [-0.39, 0.29) is 24.0 Å². The van der Waals surface area contributed by atoms with E-state index in [2.05, 4.69) is 10.2 Å². The fourth-order valence-electron chi connectivity index (χ4n) is 3.23. The smallest absolute Gasteiger partial charge is 0.270 e. The van der Waals surface area contributed by atoms with Crippen LogP contribution < -0.4 is 5.32 Å². The van der Waals surface area contributed by atoms with Gasteiger partial charge in [-0.05, 0) is 12.1 Å². The van der Waals surface area contributed by atoms with Crippen LogP contribution in [0.1, 0.15) is 10.5 Å². The van der Waals surface area contributed by atoms with Gasteiger partial charge in [0.15, 0.2) is 0 Å². The molecule has 0 aliphatic carbocycles. The second kappa shape index (κ2) is 6.10. The summed E-state index contributed by atoms with van der Waals surface area (Å²) >= 11 is 0. The van der Waals surface area contributed by atoms with E-state index < -0.39 is 0 Å². The van der Waals surface area contributed by atoms with E-state index in [1.165, 1.54) is 0 Å². The Hall–Kier alpha value is -1.86. The van der Waals surface area contributed by atoms with Gasteiger partial charge in [0.2, 0.25) is 5.91 Å². The highest BCUT2D eigenvalue weighted by Crippen LogP contribution is 2.24. The molecule has 3 rings (SSSR count). The lowest BCUT2D eigenvalue weighted by atomic mass is 10.1. The lowest BCUT2D eigenvalue weighted by Gasteiger charge is -2.35. The van der Waals surface area contributed by atoms with E-state index in [1.54, 1.807) is 7.05 Å². The lowest BCUT2D eigenvalue weighted by Crippen LogP contribution is -2.53. The van der Waals surface area contributed by atoms with Gasteiger partial charge in [0.05, 0.1) is 25.3 Å². The number of fused-ring (bicyclic) bond motifs is 1. The monoisotopic (exact) mass is 306 g/mol. The highest BCUT2D eigenvalue weighted by Gasteiger charge is 2.42. The number of morpholine rings is 1. The number of likely N-dealkylation sites (tertiary alicyclic amines) is 1. The molecule has 7 nitrogen and oxygen atoms in total. The van der Waals surface area contributed by atoms with E-state index in [0.717, 1.165) is 6.54 Å². The van der Waals surface area contributed by atoms with Gasteiger partial charge in [-0.3, -0.25) is 14.5 Å². The molecule has 7 heteroatoms. The Balaban J connectivity index is 1.70. The Morgan fingerprint density at radius 2 is 2.23 bits per heavy atom. The van der Waals surface area contributed by atoms with Crippen molar-refractivity contribution in [1.29, 1.82) is 0 Å². The molecular formula is C15H22N4O3. The number of aromatic nitrogens is 1. The number of hydrogen-bond donors (Lipinski definition) is 1. The van der Waals surface area contributed by atoms with Crippen molar-refractivity contribution in [1.82, 2.24) is 19.7 Å². The van der Waals surface area contributed by atoms with Gasteiger partial charge in [-0.2, -0.15) is 0 Å². The summed E-state index contributed by atoms with van der Waals surface area (Å²) in [6, 6.07) is 3.79. The minimum absolute atomic E-state index is 0.00661. The number of nitrogens with one attached hydrogen (secondary N) is 1. The fraction of sp³-hybridized carbons (Fsp3) is 0.600.